The van der Waals surface area contributed by atoms with Crippen molar-refractivity contribution in [1.29, 1.82) is 0 Å². The molecule has 0 spiro atoms. The number of carbonyl (C=O) groups excluding carboxylic acids is 1. The van der Waals surface area contributed by atoms with Crippen LogP contribution in [0, 0.1) is 0 Å². The largest absolute Gasteiger partial charge is 1.00 e. The number of aromatic carboxylic acids is 2. The summed E-state index contributed by atoms with van der Waals surface area (Å²) >= 11 is 5.35. The van der Waals surface area contributed by atoms with Crippen LogP contribution >= 0.6 is 11.6 Å². The van der Waals surface area contributed by atoms with Crippen molar-refractivity contribution in [3.8, 4) is 5.75 Å². The molecule has 0 bridgehead atoms. The fourth-order valence-corrected chi connectivity index (χ4v) is 1.18. The summed E-state index contributed by atoms with van der Waals surface area (Å²) in [6, 6.07) is 1.73. The van der Waals surface area contributed by atoms with E-state index in [1.165, 1.54) is 0 Å². The van der Waals surface area contributed by atoms with Gasteiger partial charge in [-0.15, -0.1) is 0 Å². The zero-order chi connectivity index (χ0) is 10.9. The summed E-state index contributed by atoms with van der Waals surface area (Å²) in [6.45, 7) is 0. The monoisotopic (exact) mass is 260 g/mol. The molecule has 5 nitrogen and oxygen atoms in total. The van der Waals surface area contributed by atoms with Crippen LogP contribution in [0.25, 0.3) is 0 Å². The van der Waals surface area contributed by atoms with Crippen LogP contribution in [-0.2, 0) is 0 Å². The molecule has 0 aliphatic heterocycles. The molecule has 0 amide bonds. The molecule has 0 aliphatic rings. The van der Waals surface area contributed by atoms with Gasteiger partial charge in [-0.25, -0.2) is 4.79 Å². The SMILES string of the molecule is O=C([O-])c1ccc([O-])c(Cl)c1C(=O)O.[Na+].[Na+]. The van der Waals surface area contributed by atoms with Crippen LogP contribution in [0.1, 0.15) is 20.7 Å². The van der Waals surface area contributed by atoms with E-state index in [1.807, 2.05) is 0 Å². The Labute approximate surface area is 140 Å². The predicted molar refractivity (Wildman–Crippen MR) is 42.2 cm³/mol. The second-order valence-corrected chi connectivity index (χ2v) is 2.77. The molecule has 0 atom stereocenters. The first kappa shape index (κ1) is 18.6. The Hall–Kier alpha value is 0.250. The molecule has 1 aromatic rings. The quantitative estimate of drug-likeness (QED) is 0.533. The summed E-state index contributed by atoms with van der Waals surface area (Å²) in [5.74, 6) is -4.01. The maximum Gasteiger partial charge on any atom is 1.00 e. The molecule has 0 saturated carbocycles. The summed E-state index contributed by atoms with van der Waals surface area (Å²) in [4.78, 5) is 21.0. The number of halogens is 1. The molecule has 1 N–H and O–H groups in total. The van der Waals surface area contributed by atoms with Crippen LogP contribution in [0.2, 0.25) is 5.02 Å². The minimum Gasteiger partial charge on any atom is -0.871 e. The number of carbonyl (C=O) groups is 2. The van der Waals surface area contributed by atoms with Gasteiger partial charge in [-0.1, -0.05) is 29.5 Å². The Morgan fingerprint density at radius 1 is 1.25 bits per heavy atom. The molecule has 1 aromatic carbocycles. The fraction of sp³-hybridized carbons (Fsp3) is 0. The number of carboxylic acid groups (broad SMARTS) is 2. The van der Waals surface area contributed by atoms with E-state index >= 15 is 0 Å². The van der Waals surface area contributed by atoms with E-state index in [0.717, 1.165) is 12.1 Å². The van der Waals surface area contributed by atoms with E-state index in [2.05, 4.69) is 0 Å². The molecule has 74 valence electrons. The normalized spacial score (nSPS) is 8.56. The smallest absolute Gasteiger partial charge is 0.871 e. The molecule has 0 aliphatic carbocycles. The van der Waals surface area contributed by atoms with E-state index in [0.29, 0.717) is 0 Å². The van der Waals surface area contributed by atoms with E-state index in [-0.39, 0.29) is 59.1 Å². The number of hydrogen-bond acceptors (Lipinski definition) is 4. The molecular weight excluding hydrogens is 258 g/mol. The molecular formula is C8H3ClNa2O5. The van der Waals surface area contributed by atoms with E-state index in [9.17, 15) is 19.8 Å². The van der Waals surface area contributed by atoms with Crippen molar-refractivity contribution in [3.63, 3.8) is 0 Å². The Morgan fingerprint density at radius 3 is 2.12 bits per heavy atom. The minimum atomic E-state index is -1.69. The Bertz CT molecular complexity index is 421. The average Bonchev–Trinajstić information content (AvgIpc) is 2.08. The van der Waals surface area contributed by atoms with E-state index in [1.54, 1.807) is 0 Å². The third-order valence-electron chi connectivity index (χ3n) is 1.54. The van der Waals surface area contributed by atoms with Crippen molar-refractivity contribution >= 4 is 23.5 Å². The maximum atomic E-state index is 10.9. The zero-order valence-corrected chi connectivity index (χ0v) is 13.4. The van der Waals surface area contributed by atoms with Crippen molar-refractivity contribution in [2.24, 2.45) is 0 Å². The predicted octanol–water partition coefficient (Wildman–Crippen LogP) is -6.52. The summed E-state index contributed by atoms with van der Waals surface area (Å²) < 4.78 is 0. The number of benzene rings is 1. The molecule has 0 heterocycles. The van der Waals surface area contributed by atoms with E-state index < -0.39 is 33.8 Å². The minimum absolute atomic E-state index is 0. The second-order valence-electron chi connectivity index (χ2n) is 2.39. The van der Waals surface area contributed by atoms with Crippen molar-refractivity contribution in [2.45, 2.75) is 0 Å². The van der Waals surface area contributed by atoms with Crippen molar-refractivity contribution in [3.05, 3.63) is 28.3 Å². The first-order valence-corrected chi connectivity index (χ1v) is 3.77. The van der Waals surface area contributed by atoms with Gasteiger partial charge < -0.3 is 20.1 Å². The molecule has 8 heteroatoms. The van der Waals surface area contributed by atoms with Crippen LogP contribution in [0.4, 0.5) is 0 Å². The summed E-state index contributed by atoms with van der Waals surface area (Å²) in [6.07, 6.45) is 0. The van der Waals surface area contributed by atoms with Crippen LogP contribution in [-0.4, -0.2) is 17.0 Å². The van der Waals surface area contributed by atoms with Crippen molar-refractivity contribution < 1.29 is 84.0 Å². The molecule has 0 saturated heterocycles. The molecule has 16 heavy (non-hydrogen) atoms. The second kappa shape index (κ2) is 7.55. The Morgan fingerprint density at radius 2 is 1.75 bits per heavy atom. The third kappa shape index (κ3) is 3.92. The number of hydrogen-bond donors (Lipinski definition) is 1. The molecule has 1 rings (SSSR count). The van der Waals surface area contributed by atoms with Gasteiger partial charge >= 0.3 is 65.1 Å². The van der Waals surface area contributed by atoms with Crippen LogP contribution < -0.4 is 69.3 Å². The van der Waals surface area contributed by atoms with Crippen LogP contribution in [0.15, 0.2) is 12.1 Å². The van der Waals surface area contributed by atoms with Crippen LogP contribution in [0.5, 0.6) is 5.75 Å². The zero-order valence-electron chi connectivity index (χ0n) is 8.61. The van der Waals surface area contributed by atoms with Gasteiger partial charge in [0.15, 0.2) is 0 Å². The first-order chi connectivity index (χ1) is 6.45. The summed E-state index contributed by atoms with van der Waals surface area (Å²) in [5.41, 5.74) is -1.35. The van der Waals surface area contributed by atoms with Gasteiger partial charge in [0.1, 0.15) is 0 Å². The number of rotatable bonds is 2. The summed E-state index contributed by atoms with van der Waals surface area (Å²) in [7, 11) is 0. The topological polar surface area (TPSA) is 100 Å². The molecule has 0 fully saturated rings. The molecule has 0 aromatic heterocycles. The average molecular weight is 261 g/mol. The van der Waals surface area contributed by atoms with Gasteiger partial charge in [-0.05, 0) is 0 Å². The third-order valence-corrected chi connectivity index (χ3v) is 1.92. The van der Waals surface area contributed by atoms with E-state index in [4.69, 9.17) is 16.7 Å². The van der Waals surface area contributed by atoms with Gasteiger partial charge in [0, 0.05) is 10.6 Å². The van der Waals surface area contributed by atoms with Gasteiger partial charge in [-0.3, -0.25) is 0 Å². The Balaban J connectivity index is 0. The van der Waals surface area contributed by atoms with Crippen molar-refractivity contribution in [2.75, 3.05) is 0 Å². The maximum absolute atomic E-state index is 10.9. The molecule has 0 unspecified atom stereocenters. The van der Waals surface area contributed by atoms with Crippen LogP contribution in [0.3, 0.4) is 0 Å². The fourth-order valence-electron chi connectivity index (χ4n) is 0.936. The van der Waals surface area contributed by atoms with Gasteiger partial charge in [0.05, 0.1) is 11.5 Å². The molecule has 0 radical (unpaired) electrons. The standard InChI is InChI=1S/C8H5ClO5.2Na/c9-6-4(10)2-1-3(7(11)12)5(6)8(13)14;;/h1-2,10H,(H,11,12)(H,13,14);;/q;2*+1/p-2. The number of carboxylic acids is 2. The first-order valence-electron chi connectivity index (χ1n) is 3.39. The Kier molecular flexibility index (Phi) is 8.78. The van der Waals surface area contributed by atoms with Gasteiger partial charge in [0.2, 0.25) is 0 Å². The summed E-state index contributed by atoms with van der Waals surface area (Å²) in [5, 5.41) is 29.3. The van der Waals surface area contributed by atoms with Crippen molar-refractivity contribution in [1.82, 2.24) is 0 Å². The van der Waals surface area contributed by atoms with Gasteiger partial charge in [0.25, 0.3) is 0 Å². The van der Waals surface area contributed by atoms with Gasteiger partial charge in [-0.2, -0.15) is 0 Å².